The van der Waals surface area contributed by atoms with Gasteiger partial charge in [0, 0.05) is 19.3 Å². The molecule has 0 amide bonds. The number of ether oxygens (including phenoxy) is 2. The summed E-state index contributed by atoms with van der Waals surface area (Å²) in [6.07, 6.45) is 28.4. The van der Waals surface area contributed by atoms with Crippen LogP contribution in [0.25, 0.3) is 0 Å². The van der Waals surface area contributed by atoms with Crippen molar-refractivity contribution in [3.63, 3.8) is 0 Å². The number of nitrogens with one attached hydrogen (secondary N) is 2. The normalized spacial score (nSPS) is 27.2. The van der Waals surface area contributed by atoms with Gasteiger partial charge in [-0.2, -0.15) is 0 Å². The van der Waals surface area contributed by atoms with Gasteiger partial charge in [0.05, 0.1) is 11.7 Å². The van der Waals surface area contributed by atoms with Crippen LogP contribution in [0, 0.1) is 11.8 Å². The van der Waals surface area contributed by atoms with Crippen molar-refractivity contribution in [2.45, 2.75) is 142 Å². The lowest BCUT2D eigenvalue weighted by Gasteiger charge is -2.41. The molecule has 0 spiro atoms. The van der Waals surface area contributed by atoms with Gasteiger partial charge in [0.2, 0.25) is 0 Å². The summed E-state index contributed by atoms with van der Waals surface area (Å²) in [5, 5.41) is 7.58. The lowest BCUT2D eigenvalue weighted by molar-refractivity contribution is -0.140. The molecule has 0 fully saturated rings. The van der Waals surface area contributed by atoms with Crippen LogP contribution in [0.1, 0.15) is 124 Å². The Morgan fingerprint density at radius 2 is 1.79 bits per heavy atom. The summed E-state index contributed by atoms with van der Waals surface area (Å²) in [5.41, 5.74) is 3.07. The zero-order chi connectivity index (χ0) is 27.8. The standard InChI is InChI=1S/C35H62N2O2/c1-5-7-26-38-34-28-32(20-22-35(34,4)39-27-8-6-2)29(3)37-24-15-23-36-25-21-33(30-16-11-9-12-17-30)31-18-13-10-14-19-31/h9,11,18,20,29-30,33-34,36-37H,5-8,10,12-17,19,21-28H2,1-4H3. The predicted octanol–water partition coefficient (Wildman–Crippen LogP) is 8.29. The van der Waals surface area contributed by atoms with Crippen LogP contribution in [0.15, 0.2) is 35.5 Å². The minimum Gasteiger partial charge on any atom is -0.375 e. The Kier molecular flexibility index (Phi) is 15.4. The van der Waals surface area contributed by atoms with Crippen molar-refractivity contribution >= 4 is 0 Å². The number of unbranched alkanes of at least 4 members (excludes halogenated alkanes) is 2. The second-order valence-corrected chi connectivity index (χ2v) is 12.7. The van der Waals surface area contributed by atoms with E-state index in [9.17, 15) is 0 Å². The Balaban J connectivity index is 1.37. The Hall–Kier alpha value is -0.940. The van der Waals surface area contributed by atoms with Gasteiger partial charge < -0.3 is 20.1 Å². The van der Waals surface area contributed by atoms with Crippen LogP contribution in [-0.2, 0) is 9.47 Å². The zero-order valence-electron chi connectivity index (χ0n) is 26.1. The topological polar surface area (TPSA) is 42.5 Å². The molecule has 0 aromatic carbocycles. The van der Waals surface area contributed by atoms with Gasteiger partial charge in [-0.15, -0.1) is 0 Å². The van der Waals surface area contributed by atoms with Gasteiger partial charge in [-0.3, -0.25) is 0 Å². The Bertz CT molecular complexity index is 760. The molecule has 39 heavy (non-hydrogen) atoms. The highest BCUT2D eigenvalue weighted by Crippen LogP contribution is 2.37. The first kappa shape index (κ1) is 32.6. The molecule has 2 N–H and O–H groups in total. The first-order chi connectivity index (χ1) is 19.1. The molecule has 5 unspecified atom stereocenters. The largest absolute Gasteiger partial charge is 0.375 e. The fraction of sp³-hybridized carbons (Fsp3) is 0.829. The van der Waals surface area contributed by atoms with Crippen molar-refractivity contribution in [1.29, 1.82) is 0 Å². The summed E-state index contributed by atoms with van der Waals surface area (Å²) in [4.78, 5) is 0. The molecule has 0 bridgehead atoms. The monoisotopic (exact) mass is 542 g/mol. The highest BCUT2D eigenvalue weighted by molar-refractivity contribution is 5.19. The molecule has 3 rings (SSSR count). The fourth-order valence-electron chi connectivity index (χ4n) is 6.69. The van der Waals surface area contributed by atoms with Crippen molar-refractivity contribution in [1.82, 2.24) is 10.6 Å². The molecule has 0 heterocycles. The van der Waals surface area contributed by atoms with E-state index < -0.39 is 0 Å². The lowest BCUT2D eigenvalue weighted by atomic mass is 9.74. The van der Waals surface area contributed by atoms with E-state index in [1.807, 2.05) is 0 Å². The number of hydrogen-bond acceptors (Lipinski definition) is 4. The fourth-order valence-corrected chi connectivity index (χ4v) is 6.69. The van der Waals surface area contributed by atoms with E-state index in [0.29, 0.717) is 6.04 Å². The lowest BCUT2D eigenvalue weighted by Crippen LogP contribution is -2.48. The molecular formula is C35H62N2O2. The number of allylic oxidation sites excluding steroid dienone is 4. The molecule has 4 heteroatoms. The van der Waals surface area contributed by atoms with Crippen molar-refractivity contribution in [3.05, 3.63) is 35.5 Å². The van der Waals surface area contributed by atoms with Crippen LogP contribution < -0.4 is 10.6 Å². The molecule has 3 aliphatic rings. The summed E-state index contributed by atoms with van der Waals surface area (Å²) in [7, 11) is 0. The average molecular weight is 543 g/mol. The molecular weight excluding hydrogens is 480 g/mol. The zero-order valence-corrected chi connectivity index (χ0v) is 26.1. The van der Waals surface area contributed by atoms with E-state index in [1.165, 1.54) is 76.2 Å². The Morgan fingerprint density at radius 3 is 2.54 bits per heavy atom. The molecule has 0 aliphatic heterocycles. The van der Waals surface area contributed by atoms with E-state index in [-0.39, 0.29) is 11.7 Å². The molecule has 4 nitrogen and oxygen atoms in total. The van der Waals surface area contributed by atoms with Crippen LogP contribution in [0.5, 0.6) is 0 Å². The van der Waals surface area contributed by atoms with Crippen molar-refractivity contribution < 1.29 is 9.47 Å². The third kappa shape index (κ3) is 11.1. The summed E-state index contributed by atoms with van der Waals surface area (Å²) < 4.78 is 12.8. The summed E-state index contributed by atoms with van der Waals surface area (Å²) in [6, 6.07) is 0.393. The van der Waals surface area contributed by atoms with Crippen molar-refractivity contribution in [2.24, 2.45) is 11.8 Å². The van der Waals surface area contributed by atoms with Gasteiger partial charge in [0.25, 0.3) is 0 Å². The van der Waals surface area contributed by atoms with E-state index >= 15 is 0 Å². The minimum absolute atomic E-state index is 0.152. The van der Waals surface area contributed by atoms with Gasteiger partial charge in [-0.1, -0.05) is 62.1 Å². The third-order valence-corrected chi connectivity index (χ3v) is 9.47. The minimum atomic E-state index is -0.199. The van der Waals surface area contributed by atoms with E-state index in [2.05, 4.69) is 62.6 Å². The summed E-state index contributed by atoms with van der Waals surface area (Å²) in [6.45, 7) is 14.0. The van der Waals surface area contributed by atoms with Gasteiger partial charge in [-0.05, 0) is 129 Å². The number of rotatable bonds is 19. The van der Waals surface area contributed by atoms with Crippen LogP contribution in [-0.4, -0.2) is 50.6 Å². The first-order valence-corrected chi connectivity index (χ1v) is 16.8. The molecule has 0 aromatic rings. The molecule has 5 atom stereocenters. The van der Waals surface area contributed by atoms with Gasteiger partial charge in [-0.25, -0.2) is 0 Å². The van der Waals surface area contributed by atoms with Gasteiger partial charge >= 0.3 is 0 Å². The van der Waals surface area contributed by atoms with Crippen LogP contribution in [0.4, 0.5) is 0 Å². The average Bonchev–Trinajstić information content (AvgIpc) is 2.96. The molecule has 0 aromatic heterocycles. The third-order valence-electron chi connectivity index (χ3n) is 9.47. The summed E-state index contributed by atoms with van der Waals surface area (Å²) in [5.74, 6) is 1.66. The van der Waals surface area contributed by atoms with Crippen molar-refractivity contribution in [2.75, 3.05) is 32.8 Å². The molecule has 224 valence electrons. The highest BCUT2D eigenvalue weighted by Gasteiger charge is 2.39. The maximum atomic E-state index is 6.42. The molecule has 3 aliphatic carbocycles. The van der Waals surface area contributed by atoms with Crippen LogP contribution in [0.3, 0.4) is 0 Å². The second-order valence-electron chi connectivity index (χ2n) is 12.7. The quantitative estimate of drug-likeness (QED) is 0.127. The van der Waals surface area contributed by atoms with Gasteiger partial charge in [0.15, 0.2) is 0 Å². The Labute approximate surface area is 241 Å². The second kappa shape index (κ2) is 18.5. The van der Waals surface area contributed by atoms with Gasteiger partial charge in [0.1, 0.15) is 0 Å². The highest BCUT2D eigenvalue weighted by atomic mass is 16.5. The Morgan fingerprint density at radius 1 is 0.949 bits per heavy atom. The van der Waals surface area contributed by atoms with Crippen LogP contribution >= 0.6 is 0 Å². The van der Waals surface area contributed by atoms with E-state index in [1.54, 1.807) is 5.57 Å². The van der Waals surface area contributed by atoms with Crippen molar-refractivity contribution in [3.8, 4) is 0 Å². The smallest absolute Gasteiger partial charge is 0.0952 e. The molecule has 0 radical (unpaired) electrons. The molecule has 0 saturated heterocycles. The SMILES string of the molecule is CCCCOC1CC(C(C)NCCCNCCC(C2=CCCCC2)C2CC=CCC2)=CCC1(C)OCCCC. The predicted molar refractivity (Wildman–Crippen MR) is 167 cm³/mol. The maximum absolute atomic E-state index is 6.42. The number of hydrogen-bond donors (Lipinski definition) is 2. The first-order valence-electron chi connectivity index (χ1n) is 16.8. The van der Waals surface area contributed by atoms with E-state index in [0.717, 1.165) is 70.4 Å². The maximum Gasteiger partial charge on any atom is 0.0952 e. The summed E-state index contributed by atoms with van der Waals surface area (Å²) >= 11 is 0. The van der Waals surface area contributed by atoms with Crippen LogP contribution in [0.2, 0.25) is 0 Å². The van der Waals surface area contributed by atoms with E-state index in [4.69, 9.17) is 9.47 Å². The molecule has 0 saturated carbocycles.